The number of thioether (sulfide) groups is 1. The number of benzene rings is 2. The first-order chi connectivity index (χ1) is 16.7. The van der Waals surface area contributed by atoms with E-state index in [1.165, 1.54) is 23.1 Å². The molecule has 2 aromatic carbocycles. The van der Waals surface area contributed by atoms with E-state index >= 15 is 0 Å². The molecule has 5 rings (SSSR count). The van der Waals surface area contributed by atoms with Crippen LogP contribution in [0.1, 0.15) is 0 Å². The number of ether oxygens (including phenoxy) is 1. The number of carbonyl (C=O) groups excluding carboxylic acids is 1. The van der Waals surface area contributed by atoms with Crippen LogP contribution in [0.25, 0.3) is 15.9 Å². The lowest BCUT2D eigenvalue weighted by molar-refractivity contribution is -0.128. The van der Waals surface area contributed by atoms with E-state index in [0.717, 1.165) is 30.2 Å². The maximum atomic E-state index is 13.2. The van der Waals surface area contributed by atoms with Crippen molar-refractivity contribution in [3.8, 4) is 11.4 Å². The summed E-state index contributed by atoms with van der Waals surface area (Å²) in [7, 11) is 1.67. The van der Waals surface area contributed by atoms with Gasteiger partial charge < -0.3 is 14.5 Å². The van der Waals surface area contributed by atoms with Gasteiger partial charge in [-0.25, -0.2) is 4.98 Å². The first-order valence-corrected chi connectivity index (χ1v) is 12.9. The van der Waals surface area contributed by atoms with Crippen molar-refractivity contribution in [3.05, 3.63) is 76.4 Å². The largest absolute Gasteiger partial charge is 0.495 e. The normalized spacial score (nSPS) is 13.9. The highest BCUT2D eigenvalue weighted by Crippen LogP contribution is 2.29. The molecule has 1 amide bonds. The number of hydrogen-bond acceptors (Lipinski definition) is 7. The molecule has 0 radical (unpaired) electrons. The number of aromatic nitrogens is 2. The first-order valence-electron chi connectivity index (χ1n) is 11.0. The average molecular weight is 493 g/mol. The standard InChI is InChI=1S/C25H24N4O3S2/c1-32-21-10-6-5-9-20(21)27-12-14-28(15-13-27)22(30)17-34-25-26-19-11-16-33-23(19)24(31)29(25)18-7-3-2-4-8-18/h2-11,16H,12-15,17H2,1H3. The SMILES string of the molecule is COc1ccccc1N1CCN(C(=O)CSc2nc3ccsc3c(=O)n2-c2ccccc2)CC1. The summed E-state index contributed by atoms with van der Waals surface area (Å²) in [6.45, 7) is 2.76. The van der Waals surface area contributed by atoms with Crippen LogP contribution in [-0.4, -0.2) is 59.4 Å². The molecule has 1 aliphatic rings. The maximum absolute atomic E-state index is 13.2. The molecule has 34 heavy (non-hydrogen) atoms. The number of fused-ring (bicyclic) bond motifs is 1. The van der Waals surface area contributed by atoms with Gasteiger partial charge in [0.1, 0.15) is 10.4 Å². The van der Waals surface area contributed by atoms with Gasteiger partial charge in [-0.3, -0.25) is 14.2 Å². The summed E-state index contributed by atoms with van der Waals surface area (Å²) in [6, 6.07) is 19.2. The Morgan fingerprint density at radius 2 is 1.76 bits per heavy atom. The summed E-state index contributed by atoms with van der Waals surface area (Å²) >= 11 is 2.70. The Balaban J connectivity index is 1.30. The molecule has 1 aliphatic heterocycles. The minimum absolute atomic E-state index is 0.0453. The molecular weight excluding hydrogens is 468 g/mol. The van der Waals surface area contributed by atoms with Gasteiger partial charge in [-0.15, -0.1) is 11.3 Å². The Morgan fingerprint density at radius 1 is 1.03 bits per heavy atom. The molecule has 0 bridgehead atoms. The molecule has 174 valence electrons. The molecular formula is C25H24N4O3S2. The predicted octanol–water partition coefficient (Wildman–Crippen LogP) is 3.90. The number of para-hydroxylation sites is 3. The van der Waals surface area contributed by atoms with E-state index in [0.29, 0.717) is 28.5 Å². The zero-order valence-electron chi connectivity index (χ0n) is 18.7. The van der Waals surface area contributed by atoms with Crippen molar-refractivity contribution in [3.63, 3.8) is 0 Å². The van der Waals surface area contributed by atoms with Crippen molar-refractivity contribution < 1.29 is 9.53 Å². The van der Waals surface area contributed by atoms with Crippen molar-refractivity contribution in [2.45, 2.75) is 5.16 Å². The molecule has 0 aliphatic carbocycles. The molecule has 0 atom stereocenters. The van der Waals surface area contributed by atoms with E-state index in [4.69, 9.17) is 9.72 Å². The summed E-state index contributed by atoms with van der Waals surface area (Å²) < 4.78 is 7.71. The Morgan fingerprint density at radius 3 is 2.53 bits per heavy atom. The van der Waals surface area contributed by atoms with Crippen LogP contribution in [-0.2, 0) is 4.79 Å². The van der Waals surface area contributed by atoms with E-state index in [-0.39, 0.29) is 17.2 Å². The van der Waals surface area contributed by atoms with E-state index in [9.17, 15) is 9.59 Å². The highest BCUT2D eigenvalue weighted by atomic mass is 32.2. The van der Waals surface area contributed by atoms with Gasteiger partial charge in [-0.2, -0.15) is 0 Å². The summed E-state index contributed by atoms with van der Waals surface area (Å²) in [5.74, 6) is 1.11. The Kier molecular flexibility index (Phi) is 6.55. The molecule has 1 saturated heterocycles. The van der Waals surface area contributed by atoms with Gasteiger partial charge in [0.25, 0.3) is 5.56 Å². The first kappa shape index (κ1) is 22.5. The number of carbonyl (C=O) groups is 1. The number of nitrogens with zero attached hydrogens (tertiary/aromatic N) is 4. The minimum Gasteiger partial charge on any atom is -0.495 e. The van der Waals surface area contributed by atoms with Gasteiger partial charge in [0.05, 0.1) is 29.8 Å². The molecule has 1 fully saturated rings. The smallest absolute Gasteiger partial charge is 0.276 e. The Bertz CT molecular complexity index is 1360. The summed E-state index contributed by atoms with van der Waals surface area (Å²) in [4.78, 5) is 35.1. The van der Waals surface area contributed by atoms with E-state index < -0.39 is 0 Å². The van der Waals surface area contributed by atoms with Crippen molar-refractivity contribution in [2.24, 2.45) is 0 Å². The Labute approximate surface area is 205 Å². The van der Waals surface area contributed by atoms with E-state index in [1.54, 1.807) is 11.7 Å². The van der Waals surface area contributed by atoms with Crippen LogP contribution in [0, 0.1) is 0 Å². The second-order valence-corrected chi connectivity index (χ2v) is 9.69. The van der Waals surface area contributed by atoms with Crippen LogP contribution in [0.4, 0.5) is 5.69 Å². The number of thiophene rings is 1. The predicted molar refractivity (Wildman–Crippen MR) is 138 cm³/mol. The molecule has 4 aromatic rings. The third kappa shape index (κ3) is 4.41. The summed E-state index contributed by atoms with van der Waals surface area (Å²) in [5.41, 5.74) is 2.36. The van der Waals surface area contributed by atoms with Gasteiger partial charge in [0.15, 0.2) is 5.16 Å². The van der Waals surface area contributed by atoms with Crippen LogP contribution in [0.15, 0.2) is 76.0 Å². The van der Waals surface area contributed by atoms with Crippen LogP contribution < -0.4 is 15.2 Å². The number of amides is 1. The molecule has 0 spiro atoms. The number of methoxy groups -OCH3 is 1. The quantitative estimate of drug-likeness (QED) is 0.300. The Hall–Kier alpha value is -3.30. The molecule has 0 N–H and O–H groups in total. The van der Waals surface area contributed by atoms with E-state index in [1.807, 2.05) is 70.9 Å². The van der Waals surface area contributed by atoms with Crippen LogP contribution in [0.5, 0.6) is 5.75 Å². The number of rotatable bonds is 6. The fraction of sp³-hybridized carbons (Fsp3) is 0.240. The van der Waals surface area contributed by atoms with Crippen molar-refractivity contribution in [1.82, 2.24) is 14.5 Å². The third-order valence-electron chi connectivity index (χ3n) is 5.85. The van der Waals surface area contributed by atoms with Crippen LogP contribution in [0.3, 0.4) is 0 Å². The molecule has 9 heteroatoms. The second kappa shape index (κ2) is 9.90. The van der Waals surface area contributed by atoms with Gasteiger partial charge in [-0.1, -0.05) is 42.1 Å². The van der Waals surface area contributed by atoms with Crippen molar-refractivity contribution >= 4 is 44.9 Å². The molecule has 2 aromatic heterocycles. The number of anilines is 1. The maximum Gasteiger partial charge on any atom is 0.276 e. The fourth-order valence-corrected chi connectivity index (χ4v) is 5.77. The van der Waals surface area contributed by atoms with Crippen LogP contribution in [0.2, 0.25) is 0 Å². The summed E-state index contributed by atoms with van der Waals surface area (Å²) in [5, 5.41) is 2.40. The van der Waals surface area contributed by atoms with Gasteiger partial charge in [-0.05, 0) is 35.7 Å². The number of hydrogen-bond donors (Lipinski definition) is 0. The van der Waals surface area contributed by atoms with Gasteiger partial charge in [0, 0.05) is 26.2 Å². The van der Waals surface area contributed by atoms with Gasteiger partial charge in [0.2, 0.25) is 5.91 Å². The van der Waals surface area contributed by atoms with E-state index in [2.05, 4.69) is 4.90 Å². The topological polar surface area (TPSA) is 67.7 Å². The van der Waals surface area contributed by atoms with Crippen molar-refractivity contribution in [1.29, 1.82) is 0 Å². The molecule has 0 unspecified atom stereocenters. The lowest BCUT2D eigenvalue weighted by Gasteiger charge is -2.36. The van der Waals surface area contributed by atoms with Gasteiger partial charge >= 0.3 is 0 Å². The summed E-state index contributed by atoms with van der Waals surface area (Å²) in [6.07, 6.45) is 0. The molecule has 7 nitrogen and oxygen atoms in total. The lowest BCUT2D eigenvalue weighted by Crippen LogP contribution is -2.49. The highest BCUT2D eigenvalue weighted by molar-refractivity contribution is 7.99. The second-order valence-electron chi connectivity index (χ2n) is 7.83. The molecule has 0 saturated carbocycles. The monoisotopic (exact) mass is 492 g/mol. The lowest BCUT2D eigenvalue weighted by atomic mass is 10.2. The third-order valence-corrected chi connectivity index (χ3v) is 7.66. The average Bonchev–Trinajstić information content (AvgIpc) is 3.37. The minimum atomic E-state index is -0.105. The fourth-order valence-electron chi connectivity index (χ4n) is 4.10. The zero-order chi connectivity index (χ0) is 23.5. The highest BCUT2D eigenvalue weighted by Gasteiger charge is 2.24. The van der Waals surface area contributed by atoms with Crippen molar-refractivity contribution in [2.75, 3.05) is 43.9 Å². The van der Waals surface area contributed by atoms with Crippen LogP contribution >= 0.6 is 23.1 Å². The zero-order valence-corrected chi connectivity index (χ0v) is 20.3. The molecule has 3 heterocycles. The number of piperazine rings is 1.